The summed E-state index contributed by atoms with van der Waals surface area (Å²) in [6.45, 7) is 4.58. The molecular formula is C20H23ClFN3O. The van der Waals surface area contributed by atoms with Gasteiger partial charge in [0.25, 0.3) is 5.91 Å². The second-order valence-corrected chi connectivity index (χ2v) is 6.74. The van der Waals surface area contributed by atoms with Crippen LogP contribution in [0, 0.1) is 5.82 Å². The molecule has 0 fully saturated rings. The first-order valence-electron chi connectivity index (χ1n) is 8.91. The molecule has 0 saturated heterocycles. The number of fused-ring (bicyclic) bond motifs is 1. The van der Waals surface area contributed by atoms with Crippen molar-refractivity contribution in [2.24, 2.45) is 0 Å². The molecule has 0 radical (unpaired) electrons. The number of rotatable bonds is 5. The number of benzene rings is 2. The minimum Gasteiger partial charge on any atom is -0.380 e. The lowest BCUT2D eigenvalue weighted by atomic mass is 10.0. The Morgan fingerprint density at radius 1 is 1.23 bits per heavy atom. The average Bonchev–Trinajstić information content (AvgIpc) is 2.86. The molecule has 138 valence electrons. The first kappa shape index (κ1) is 18.7. The van der Waals surface area contributed by atoms with Crippen LogP contribution in [0.3, 0.4) is 0 Å². The van der Waals surface area contributed by atoms with Crippen molar-refractivity contribution in [1.29, 1.82) is 0 Å². The molecule has 0 saturated carbocycles. The Balaban J connectivity index is 1.77. The lowest BCUT2D eigenvalue weighted by Crippen LogP contribution is -2.23. The Morgan fingerprint density at radius 2 is 2.04 bits per heavy atom. The topological polar surface area (TPSA) is 53.2 Å². The molecule has 1 amide bonds. The van der Waals surface area contributed by atoms with E-state index in [9.17, 15) is 9.18 Å². The maximum Gasteiger partial charge on any atom is 0.254 e. The van der Waals surface area contributed by atoms with Gasteiger partial charge in [0, 0.05) is 13.1 Å². The third-order valence-corrected chi connectivity index (χ3v) is 4.88. The quantitative estimate of drug-likeness (QED) is 0.749. The van der Waals surface area contributed by atoms with E-state index < -0.39 is 11.7 Å². The number of hydrogen-bond acceptors (Lipinski definition) is 3. The van der Waals surface area contributed by atoms with Gasteiger partial charge in [0.05, 0.1) is 16.3 Å². The van der Waals surface area contributed by atoms with Gasteiger partial charge in [0.1, 0.15) is 5.82 Å². The summed E-state index contributed by atoms with van der Waals surface area (Å²) in [5.41, 5.74) is 4.26. The second-order valence-electron chi connectivity index (χ2n) is 6.34. The van der Waals surface area contributed by atoms with Crippen LogP contribution in [0.1, 0.15) is 34.0 Å². The largest absolute Gasteiger partial charge is 0.380 e. The number of nitrogens with one attached hydrogen (secondary N) is 3. The van der Waals surface area contributed by atoms with Gasteiger partial charge in [-0.05, 0) is 67.7 Å². The van der Waals surface area contributed by atoms with Crippen molar-refractivity contribution in [1.82, 2.24) is 10.6 Å². The highest BCUT2D eigenvalue weighted by Crippen LogP contribution is 2.31. The van der Waals surface area contributed by atoms with Gasteiger partial charge in [-0.3, -0.25) is 4.79 Å². The number of anilines is 1. The molecule has 1 aliphatic rings. The smallest absolute Gasteiger partial charge is 0.254 e. The molecule has 0 atom stereocenters. The molecule has 0 aliphatic carbocycles. The lowest BCUT2D eigenvalue weighted by molar-refractivity contribution is 0.0952. The number of amides is 1. The van der Waals surface area contributed by atoms with Crippen LogP contribution >= 0.6 is 11.6 Å². The van der Waals surface area contributed by atoms with E-state index in [2.05, 4.69) is 22.0 Å². The summed E-state index contributed by atoms with van der Waals surface area (Å²) in [5, 5.41) is 10.0. The van der Waals surface area contributed by atoms with E-state index in [0.29, 0.717) is 18.1 Å². The summed E-state index contributed by atoms with van der Waals surface area (Å²) in [6.07, 6.45) is 1.87. The van der Waals surface area contributed by atoms with Crippen LogP contribution in [0.25, 0.3) is 0 Å². The van der Waals surface area contributed by atoms with Crippen LogP contribution in [0.2, 0.25) is 5.02 Å². The highest BCUT2D eigenvalue weighted by atomic mass is 35.5. The summed E-state index contributed by atoms with van der Waals surface area (Å²) in [5.74, 6) is -0.911. The SMILES string of the molecule is CCNC(=O)c1ccc(CNc2c(Cl)ccc3c2CCNCC3)cc1F. The van der Waals surface area contributed by atoms with Gasteiger partial charge in [-0.15, -0.1) is 0 Å². The maximum atomic E-state index is 14.2. The summed E-state index contributed by atoms with van der Waals surface area (Å²) in [4.78, 5) is 11.8. The summed E-state index contributed by atoms with van der Waals surface area (Å²) < 4.78 is 14.2. The molecule has 3 rings (SSSR count). The maximum absolute atomic E-state index is 14.2. The van der Waals surface area contributed by atoms with Crippen molar-refractivity contribution in [2.75, 3.05) is 25.0 Å². The van der Waals surface area contributed by atoms with E-state index in [1.807, 2.05) is 6.07 Å². The molecule has 3 N–H and O–H groups in total. The van der Waals surface area contributed by atoms with E-state index in [1.165, 1.54) is 23.3 Å². The average molecular weight is 376 g/mol. The Bertz CT molecular complexity index is 810. The first-order valence-corrected chi connectivity index (χ1v) is 9.29. The third kappa shape index (κ3) is 4.17. The van der Waals surface area contributed by atoms with Crippen LogP contribution in [0.4, 0.5) is 10.1 Å². The standard InChI is InChI=1S/C20H23ClFN3O/c1-2-24-20(26)16-5-3-13(11-18(16)22)12-25-19-15-8-10-23-9-7-14(15)4-6-17(19)21/h3-6,11,23,25H,2,7-10,12H2,1H3,(H,24,26). The Labute approximate surface area is 158 Å². The number of halogens is 2. The van der Waals surface area contributed by atoms with Gasteiger partial charge < -0.3 is 16.0 Å². The molecule has 2 aromatic rings. The molecule has 4 nitrogen and oxygen atoms in total. The first-order chi connectivity index (χ1) is 12.6. The van der Waals surface area contributed by atoms with Gasteiger partial charge in [-0.2, -0.15) is 0 Å². The summed E-state index contributed by atoms with van der Waals surface area (Å²) >= 11 is 6.40. The van der Waals surface area contributed by atoms with Gasteiger partial charge in [-0.25, -0.2) is 4.39 Å². The van der Waals surface area contributed by atoms with Crippen LogP contribution in [0.15, 0.2) is 30.3 Å². The van der Waals surface area contributed by atoms with Crippen molar-refractivity contribution in [3.63, 3.8) is 0 Å². The highest BCUT2D eigenvalue weighted by Gasteiger charge is 2.15. The van der Waals surface area contributed by atoms with Crippen molar-refractivity contribution >= 4 is 23.2 Å². The zero-order valence-corrected chi connectivity index (χ0v) is 15.5. The molecule has 26 heavy (non-hydrogen) atoms. The lowest BCUT2D eigenvalue weighted by Gasteiger charge is -2.16. The molecule has 2 aromatic carbocycles. The molecule has 1 aliphatic heterocycles. The highest BCUT2D eigenvalue weighted by molar-refractivity contribution is 6.33. The summed E-state index contributed by atoms with van der Waals surface area (Å²) in [7, 11) is 0. The second kappa shape index (κ2) is 8.52. The summed E-state index contributed by atoms with van der Waals surface area (Å²) in [6, 6.07) is 8.67. The Morgan fingerprint density at radius 3 is 2.81 bits per heavy atom. The van der Waals surface area contributed by atoms with Gasteiger partial charge >= 0.3 is 0 Å². The van der Waals surface area contributed by atoms with Crippen LogP contribution < -0.4 is 16.0 Å². The Hall–Kier alpha value is -2.11. The van der Waals surface area contributed by atoms with Crippen LogP contribution in [-0.4, -0.2) is 25.5 Å². The molecular weight excluding hydrogens is 353 g/mol. The fourth-order valence-corrected chi connectivity index (χ4v) is 3.48. The van der Waals surface area contributed by atoms with Gasteiger partial charge in [-0.1, -0.05) is 23.7 Å². The zero-order chi connectivity index (χ0) is 18.5. The van der Waals surface area contributed by atoms with E-state index in [1.54, 1.807) is 13.0 Å². The fourth-order valence-electron chi connectivity index (χ4n) is 3.23. The molecule has 0 spiro atoms. The number of carbonyl (C=O) groups is 1. The Kier molecular flexibility index (Phi) is 6.12. The minimum absolute atomic E-state index is 0.0632. The number of carbonyl (C=O) groups excluding carboxylic acids is 1. The van der Waals surface area contributed by atoms with E-state index in [0.717, 1.165) is 37.2 Å². The molecule has 1 heterocycles. The van der Waals surface area contributed by atoms with Crippen molar-refractivity contribution < 1.29 is 9.18 Å². The predicted octanol–water partition coefficient (Wildman–Crippen LogP) is 3.53. The van der Waals surface area contributed by atoms with Crippen LogP contribution in [-0.2, 0) is 19.4 Å². The monoisotopic (exact) mass is 375 g/mol. The van der Waals surface area contributed by atoms with Crippen LogP contribution in [0.5, 0.6) is 0 Å². The van der Waals surface area contributed by atoms with Gasteiger partial charge in [0.15, 0.2) is 0 Å². The molecule has 6 heteroatoms. The molecule has 0 unspecified atom stereocenters. The molecule has 0 bridgehead atoms. The predicted molar refractivity (Wildman–Crippen MR) is 103 cm³/mol. The minimum atomic E-state index is -0.516. The van der Waals surface area contributed by atoms with E-state index in [-0.39, 0.29) is 5.56 Å². The van der Waals surface area contributed by atoms with E-state index >= 15 is 0 Å². The van der Waals surface area contributed by atoms with E-state index in [4.69, 9.17) is 11.6 Å². The normalized spacial score (nSPS) is 13.7. The van der Waals surface area contributed by atoms with Crippen molar-refractivity contribution in [3.8, 4) is 0 Å². The third-order valence-electron chi connectivity index (χ3n) is 4.57. The van der Waals surface area contributed by atoms with Crippen molar-refractivity contribution in [2.45, 2.75) is 26.3 Å². The number of hydrogen-bond donors (Lipinski definition) is 3. The fraction of sp³-hybridized carbons (Fsp3) is 0.350. The molecule has 0 aromatic heterocycles. The zero-order valence-electron chi connectivity index (χ0n) is 14.8. The van der Waals surface area contributed by atoms with Crippen molar-refractivity contribution in [3.05, 3.63) is 63.4 Å². The van der Waals surface area contributed by atoms with Gasteiger partial charge in [0.2, 0.25) is 0 Å².